The molecule has 7 nitrogen and oxygen atoms in total. The number of fused-ring (bicyclic) bond motifs is 1. The van der Waals surface area contributed by atoms with Crippen molar-refractivity contribution in [3.8, 4) is 0 Å². The van der Waals surface area contributed by atoms with Crippen LogP contribution in [0.15, 0.2) is 77.7 Å². The molecule has 0 aliphatic heterocycles. The maximum atomic E-state index is 13.0. The summed E-state index contributed by atoms with van der Waals surface area (Å²) in [6.45, 7) is 2.04. The summed E-state index contributed by atoms with van der Waals surface area (Å²) in [5.74, 6) is 0.642. The fraction of sp³-hybridized carbons (Fsp3) is 0.259. The molecule has 0 unspecified atom stereocenters. The van der Waals surface area contributed by atoms with Crippen LogP contribution in [0.4, 0.5) is 0 Å². The summed E-state index contributed by atoms with van der Waals surface area (Å²) in [5.41, 5.74) is 4.61. The normalized spacial score (nSPS) is 12.7. The van der Waals surface area contributed by atoms with Gasteiger partial charge in [-0.1, -0.05) is 60.2 Å². The van der Waals surface area contributed by atoms with E-state index in [9.17, 15) is 13.2 Å². The third-order valence-electron chi connectivity index (χ3n) is 6.15. The smallest absolute Gasteiger partial charge is 0.242 e. The molecule has 4 aromatic rings. The molecule has 4 rings (SSSR count). The summed E-state index contributed by atoms with van der Waals surface area (Å²) in [6, 6.07) is 22.7. The lowest BCUT2D eigenvalue weighted by atomic mass is 9.97. The topological polar surface area (TPSA) is 84.3 Å². The van der Waals surface area contributed by atoms with Gasteiger partial charge in [0.25, 0.3) is 0 Å². The quantitative estimate of drug-likeness (QED) is 0.405. The van der Waals surface area contributed by atoms with Crippen molar-refractivity contribution in [2.45, 2.75) is 30.7 Å². The number of rotatable bonds is 8. The number of hydrogen-bond donors (Lipinski definition) is 1. The van der Waals surface area contributed by atoms with Gasteiger partial charge in [-0.15, -0.1) is 0 Å². The van der Waals surface area contributed by atoms with Crippen LogP contribution in [0.25, 0.3) is 11.0 Å². The van der Waals surface area contributed by atoms with Crippen molar-refractivity contribution >= 4 is 27.0 Å². The summed E-state index contributed by atoms with van der Waals surface area (Å²) in [4.78, 5) is 17.8. The fourth-order valence-corrected chi connectivity index (χ4v) is 4.97. The summed E-state index contributed by atoms with van der Waals surface area (Å²) < 4.78 is 28.0. The van der Waals surface area contributed by atoms with Crippen LogP contribution in [0, 0.1) is 6.92 Å². The van der Waals surface area contributed by atoms with Gasteiger partial charge >= 0.3 is 0 Å². The highest BCUT2D eigenvalue weighted by atomic mass is 32.2. The Kier molecular flexibility index (Phi) is 7.05. The van der Waals surface area contributed by atoms with E-state index in [4.69, 9.17) is 0 Å². The Labute approximate surface area is 206 Å². The fourth-order valence-electron chi connectivity index (χ4n) is 4.05. The number of aryl methyl sites for hydroxylation is 3. The van der Waals surface area contributed by atoms with E-state index in [0.717, 1.165) is 28.0 Å². The van der Waals surface area contributed by atoms with Gasteiger partial charge in [0.1, 0.15) is 5.82 Å². The van der Waals surface area contributed by atoms with Crippen molar-refractivity contribution in [3.63, 3.8) is 0 Å². The minimum Gasteiger partial charge on any atom is -0.345 e. The first-order valence-corrected chi connectivity index (χ1v) is 12.9. The lowest BCUT2D eigenvalue weighted by Gasteiger charge is -2.20. The van der Waals surface area contributed by atoms with E-state index in [2.05, 4.69) is 10.3 Å². The van der Waals surface area contributed by atoms with Crippen molar-refractivity contribution in [3.05, 3.63) is 95.3 Å². The molecule has 0 spiro atoms. The summed E-state index contributed by atoms with van der Waals surface area (Å²) in [5, 5.41) is 3.17. The van der Waals surface area contributed by atoms with E-state index >= 15 is 0 Å². The predicted octanol–water partition coefficient (Wildman–Crippen LogP) is 3.97. The first kappa shape index (κ1) is 24.6. The van der Waals surface area contributed by atoms with Gasteiger partial charge < -0.3 is 9.88 Å². The van der Waals surface area contributed by atoms with Crippen LogP contribution < -0.4 is 5.32 Å². The number of aromatic nitrogens is 2. The first-order valence-electron chi connectivity index (χ1n) is 11.5. The molecule has 8 heteroatoms. The molecular formula is C27H30N4O3S. The number of carbonyl (C=O) groups is 1. The van der Waals surface area contributed by atoms with Crippen molar-refractivity contribution < 1.29 is 13.2 Å². The van der Waals surface area contributed by atoms with Crippen molar-refractivity contribution in [1.82, 2.24) is 19.2 Å². The lowest BCUT2D eigenvalue weighted by Crippen LogP contribution is -2.29. The van der Waals surface area contributed by atoms with Crippen LogP contribution in [0.1, 0.15) is 35.0 Å². The number of nitrogens with zero attached hydrogens (tertiary/aromatic N) is 3. The zero-order chi connectivity index (χ0) is 25.2. The van der Waals surface area contributed by atoms with Crippen molar-refractivity contribution in [2.24, 2.45) is 7.05 Å². The second-order valence-electron chi connectivity index (χ2n) is 8.85. The third-order valence-corrected chi connectivity index (χ3v) is 7.96. The Morgan fingerprint density at radius 3 is 2.31 bits per heavy atom. The Morgan fingerprint density at radius 1 is 1.00 bits per heavy atom. The lowest BCUT2D eigenvalue weighted by molar-refractivity contribution is -0.121. The Morgan fingerprint density at radius 2 is 1.66 bits per heavy atom. The average Bonchev–Trinajstić information content (AvgIpc) is 3.17. The minimum absolute atomic E-state index is 0.0811. The van der Waals surface area contributed by atoms with Crippen molar-refractivity contribution in [1.29, 1.82) is 0 Å². The largest absolute Gasteiger partial charge is 0.345 e. The maximum absolute atomic E-state index is 13.0. The first-order chi connectivity index (χ1) is 16.7. The van der Waals surface area contributed by atoms with Gasteiger partial charge in [-0.3, -0.25) is 4.79 Å². The van der Waals surface area contributed by atoms with E-state index < -0.39 is 10.0 Å². The van der Waals surface area contributed by atoms with E-state index in [1.165, 1.54) is 18.4 Å². The molecule has 0 saturated heterocycles. The molecule has 1 heterocycles. The third kappa shape index (κ3) is 5.28. The number of sulfonamides is 1. The van der Waals surface area contributed by atoms with Crippen LogP contribution in [0.5, 0.6) is 0 Å². The predicted molar refractivity (Wildman–Crippen MR) is 138 cm³/mol. The standard InChI is InChI=1S/C27H30N4O3S/c1-19-10-12-21(13-11-19)27(20-8-6-5-7-9-20)29-26(32)17-16-25-28-23-18-22(35(33,34)30(2)3)14-15-24(23)31(25)4/h5-15,18,27H,16-17H2,1-4H3,(H,29,32)/t27-/m0/s1. The zero-order valence-electron chi connectivity index (χ0n) is 20.4. The maximum Gasteiger partial charge on any atom is 0.242 e. The number of hydrogen-bond acceptors (Lipinski definition) is 4. The molecule has 1 atom stereocenters. The van der Waals surface area contributed by atoms with E-state index in [1.807, 2.05) is 73.1 Å². The minimum atomic E-state index is -3.55. The Hall–Kier alpha value is -3.49. The highest BCUT2D eigenvalue weighted by molar-refractivity contribution is 7.89. The molecule has 0 aliphatic rings. The molecule has 0 bridgehead atoms. The van der Waals surface area contributed by atoms with Gasteiger partial charge in [-0.05, 0) is 36.2 Å². The van der Waals surface area contributed by atoms with Gasteiger partial charge in [0.2, 0.25) is 15.9 Å². The molecule has 35 heavy (non-hydrogen) atoms. The van der Waals surface area contributed by atoms with E-state index in [0.29, 0.717) is 11.9 Å². The molecule has 1 amide bonds. The summed E-state index contributed by atoms with van der Waals surface area (Å²) in [7, 11) is 1.33. The molecule has 0 saturated carbocycles. The SMILES string of the molecule is Cc1ccc([C@@H](NC(=O)CCc2nc3cc(S(=O)(=O)N(C)C)ccc3n2C)c2ccccc2)cc1. The molecule has 3 aromatic carbocycles. The number of carbonyl (C=O) groups excluding carboxylic acids is 1. The van der Waals surface area contributed by atoms with E-state index in [-0.39, 0.29) is 23.3 Å². The number of benzene rings is 3. The van der Waals surface area contributed by atoms with Crippen molar-refractivity contribution in [2.75, 3.05) is 14.1 Å². The second kappa shape index (κ2) is 10.0. The van der Waals surface area contributed by atoms with Crippen LogP contribution in [0.2, 0.25) is 0 Å². The molecule has 0 fully saturated rings. The second-order valence-corrected chi connectivity index (χ2v) is 11.0. The van der Waals surface area contributed by atoms with Crippen LogP contribution in [-0.2, 0) is 28.3 Å². The highest BCUT2D eigenvalue weighted by Gasteiger charge is 2.20. The van der Waals surface area contributed by atoms with Crippen LogP contribution >= 0.6 is 0 Å². The zero-order valence-corrected chi connectivity index (χ0v) is 21.2. The molecule has 0 aliphatic carbocycles. The molecule has 0 radical (unpaired) electrons. The Bertz CT molecular complexity index is 1440. The van der Waals surface area contributed by atoms with Gasteiger partial charge in [0.15, 0.2) is 0 Å². The molecule has 1 N–H and O–H groups in total. The van der Waals surface area contributed by atoms with Gasteiger partial charge in [0, 0.05) is 34.0 Å². The van der Waals surface area contributed by atoms with Gasteiger partial charge in [-0.25, -0.2) is 17.7 Å². The molecular weight excluding hydrogens is 460 g/mol. The van der Waals surface area contributed by atoms with Gasteiger partial charge in [-0.2, -0.15) is 0 Å². The number of imidazole rings is 1. The van der Waals surface area contributed by atoms with Crippen LogP contribution in [-0.4, -0.2) is 42.3 Å². The number of amides is 1. The van der Waals surface area contributed by atoms with E-state index in [1.54, 1.807) is 18.2 Å². The van der Waals surface area contributed by atoms with Gasteiger partial charge in [0.05, 0.1) is 22.0 Å². The Balaban J connectivity index is 1.52. The number of nitrogens with one attached hydrogen (secondary N) is 1. The highest BCUT2D eigenvalue weighted by Crippen LogP contribution is 2.24. The average molecular weight is 491 g/mol. The summed E-state index contributed by atoms with van der Waals surface area (Å²) >= 11 is 0. The molecule has 182 valence electrons. The molecule has 1 aromatic heterocycles. The monoisotopic (exact) mass is 490 g/mol. The summed E-state index contributed by atoms with van der Waals surface area (Å²) in [6.07, 6.45) is 0.692. The van der Waals surface area contributed by atoms with Crippen LogP contribution in [0.3, 0.4) is 0 Å².